The third kappa shape index (κ3) is 2.29. The summed E-state index contributed by atoms with van der Waals surface area (Å²) in [5.74, 6) is -0.234. The van der Waals surface area contributed by atoms with Crippen molar-refractivity contribution in [1.82, 2.24) is 0 Å². The van der Waals surface area contributed by atoms with E-state index in [0.717, 1.165) is 16.9 Å². The van der Waals surface area contributed by atoms with Gasteiger partial charge in [0.1, 0.15) is 6.54 Å². The number of benzene rings is 2. The molecule has 2 amide bonds. The van der Waals surface area contributed by atoms with Crippen LogP contribution in [0.15, 0.2) is 48.5 Å². The van der Waals surface area contributed by atoms with E-state index < -0.39 is 0 Å². The van der Waals surface area contributed by atoms with Crippen LogP contribution in [0.3, 0.4) is 0 Å². The zero-order valence-electron chi connectivity index (χ0n) is 12.0. The summed E-state index contributed by atoms with van der Waals surface area (Å²) in [4.78, 5) is 28.0. The number of hydrogen-bond donors (Lipinski definition) is 0. The normalized spacial score (nSPS) is 14.1. The summed E-state index contributed by atoms with van der Waals surface area (Å²) in [7, 11) is 1.73. The molecule has 4 heteroatoms. The zero-order valence-corrected chi connectivity index (χ0v) is 12.0. The Morgan fingerprint density at radius 3 is 2.48 bits per heavy atom. The molecule has 0 saturated carbocycles. The Balaban J connectivity index is 2.05. The number of rotatable bonds is 1. The maximum Gasteiger partial charge on any atom is 0.258 e. The summed E-state index contributed by atoms with van der Waals surface area (Å²) >= 11 is 0. The van der Waals surface area contributed by atoms with Crippen LogP contribution in [-0.4, -0.2) is 25.4 Å². The highest BCUT2D eigenvalue weighted by molar-refractivity contribution is 6.15. The lowest BCUT2D eigenvalue weighted by Gasteiger charge is -2.34. The molecule has 0 saturated heterocycles. The lowest BCUT2D eigenvalue weighted by atomic mass is 10.1. The summed E-state index contributed by atoms with van der Waals surface area (Å²) < 4.78 is 0. The van der Waals surface area contributed by atoms with Crippen molar-refractivity contribution in [3.8, 4) is 0 Å². The van der Waals surface area contributed by atoms with Gasteiger partial charge in [0.2, 0.25) is 5.91 Å². The van der Waals surface area contributed by atoms with Gasteiger partial charge in [0, 0.05) is 12.6 Å². The third-order valence-electron chi connectivity index (χ3n) is 3.71. The first-order valence-electron chi connectivity index (χ1n) is 6.82. The van der Waals surface area contributed by atoms with E-state index in [1.54, 1.807) is 22.9 Å². The Morgan fingerprint density at radius 2 is 1.76 bits per heavy atom. The molecule has 21 heavy (non-hydrogen) atoms. The summed E-state index contributed by atoms with van der Waals surface area (Å²) in [5, 5.41) is 0. The van der Waals surface area contributed by atoms with Gasteiger partial charge in [0.05, 0.1) is 11.4 Å². The number of nitrogens with zero attached hydrogens (tertiary/aromatic N) is 2. The molecule has 2 aromatic carbocycles. The minimum Gasteiger partial charge on any atom is -0.312 e. The van der Waals surface area contributed by atoms with E-state index in [1.807, 2.05) is 49.4 Å². The van der Waals surface area contributed by atoms with Crippen LogP contribution in [0.1, 0.15) is 15.9 Å². The number of carbonyl (C=O) groups is 2. The van der Waals surface area contributed by atoms with Gasteiger partial charge in [-0.05, 0) is 31.2 Å². The van der Waals surface area contributed by atoms with E-state index in [1.165, 1.54) is 0 Å². The van der Waals surface area contributed by atoms with E-state index in [2.05, 4.69) is 0 Å². The monoisotopic (exact) mass is 280 g/mol. The fourth-order valence-corrected chi connectivity index (χ4v) is 2.55. The number of hydrogen-bond acceptors (Lipinski definition) is 2. The summed E-state index contributed by atoms with van der Waals surface area (Å²) in [6.07, 6.45) is 0. The molecule has 2 aromatic rings. The van der Waals surface area contributed by atoms with Crippen LogP contribution in [0.4, 0.5) is 11.4 Å². The quantitative estimate of drug-likeness (QED) is 0.805. The Kier molecular flexibility index (Phi) is 3.22. The van der Waals surface area contributed by atoms with Gasteiger partial charge in [-0.15, -0.1) is 0 Å². The topological polar surface area (TPSA) is 40.6 Å². The number of likely N-dealkylation sites (N-methyl/N-ethyl adjacent to an activating group) is 1. The molecule has 0 bridgehead atoms. The van der Waals surface area contributed by atoms with Crippen LogP contribution in [0.2, 0.25) is 0 Å². The van der Waals surface area contributed by atoms with E-state index in [4.69, 9.17) is 0 Å². The smallest absolute Gasteiger partial charge is 0.258 e. The van der Waals surface area contributed by atoms with Crippen LogP contribution in [0.5, 0.6) is 0 Å². The molecular weight excluding hydrogens is 264 g/mol. The molecule has 0 atom stereocenters. The van der Waals surface area contributed by atoms with Gasteiger partial charge in [0.25, 0.3) is 5.91 Å². The summed E-state index contributed by atoms with van der Waals surface area (Å²) in [5.41, 5.74) is 3.15. The van der Waals surface area contributed by atoms with Gasteiger partial charge >= 0.3 is 0 Å². The van der Waals surface area contributed by atoms with Crippen molar-refractivity contribution in [2.24, 2.45) is 0 Å². The molecule has 106 valence electrons. The van der Waals surface area contributed by atoms with Gasteiger partial charge in [0.15, 0.2) is 0 Å². The molecule has 0 fully saturated rings. The van der Waals surface area contributed by atoms with Crippen molar-refractivity contribution in [2.45, 2.75) is 6.92 Å². The predicted molar refractivity (Wildman–Crippen MR) is 82.7 cm³/mol. The van der Waals surface area contributed by atoms with Crippen LogP contribution < -0.4 is 9.80 Å². The molecular formula is C17H16N2O2. The maximum atomic E-state index is 12.7. The molecule has 0 aliphatic carbocycles. The number of carbonyl (C=O) groups excluding carboxylic acids is 2. The third-order valence-corrected chi connectivity index (χ3v) is 3.71. The Bertz CT molecular complexity index is 724. The first-order chi connectivity index (χ1) is 10.1. The Hall–Kier alpha value is -2.62. The average molecular weight is 280 g/mol. The first-order valence-corrected chi connectivity index (χ1v) is 6.82. The van der Waals surface area contributed by atoms with Crippen molar-refractivity contribution >= 4 is 23.2 Å². The van der Waals surface area contributed by atoms with Gasteiger partial charge < -0.3 is 4.90 Å². The molecule has 1 heterocycles. The maximum absolute atomic E-state index is 12.7. The molecule has 0 radical (unpaired) electrons. The van der Waals surface area contributed by atoms with Gasteiger partial charge in [-0.3, -0.25) is 14.5 Å². The fraction of sp³-hybridized carbons (Fsp3) is 0.176. The van der Waals surface area contributed by atoms with E-state index in [9.17, 15) is 9.59 Å². The molecule has 4 nitrogen and oxygen atoms in total. The second-order valence-corrected chi connectivity index (χ2v) is 5.20. The van der Waals surface area contributed by atoms with Crippen LogP contribution in [-0.2, 0) is 4.79 Å². The summed E-state index contributed by atoms with van der Waals surface area (Å²) in [6, 6.07) is 14.9. The lowest BCUT2D eigenvalue weighted by molar-refractivity contribution is -0.117. The molecule has 3 rings (SSSR count). The largest absolute Gasteiger partial charge is 0.312 e. The number of amides is 2. The second kappa shape index (κ2) is 5.05. The number of para-hydroxylation sites is 2. The minimum absolute atomic E-state index is 0.0697. The number of fused-ring (bicyclic) bond motifs is 1. The Labute approximate surface area is 123 Å². The van der Waals surface area contributed by atoms with Crippen molar-refractivity contribution in [2.75, 3.05) is 23.4 Å². The van der Waals surface area contributed by atoms with Crippen molar-refractivity contribution in [3.05, 3.63) is 59.7 Å². The number of aryl methyl sites for hydroxylation is 1. The fourth-order valence-electron chi connectivity index (χ4n) is 2.55. The highest BCUT2D eigenvalue weighted by atomic mass is 16.2. The highest BCUT2D eigenvalue weighted by Crippen LogP contribution is 2.33. The first kappa shape index (κ1) is 13.4. The molecule has 0 N–H and O–H groups in total. The molecule has 0 spiro atoms. The molecule has 1 aliphatic rings. The standard InChI is InChI=1S/C17H16N2O2/c1-12-6-5-7-13(10-12)17(21)19-11-16(20)18(2)14-8-3-4-9-15(14)19/h3-10H,11H2,1-2H3. The van der Waals surface area contributed by atoms with E-state index in [-0.39, 0.29) is 18.4 Å². The summed E-state index contributed by atoms with van der Waals surface area (Å²) in [6.45, 7) is 2.01. The van der Waals surface area contributed by atoms with Crippen molar-refractivity contribution < 1.29 is 9.59 Å². The molecule has 1 aliphatic heterocycles. The van der Waals surface area contributed by atoms with Crippen LogP contribution in [0.25, 0.3) is 0 Å². The molecule has 0 unspecified atom stereocenters. The van der Waals surface area contributed by atoms with Gasteiger partial charge in [-0.2, -0.15) is 0 Å². The van der Waals surface area contributed by atoms with E-state index >= 15 is 0 Å². The van der Waals surface area contributed by atoms with Crippen LogP contribution in [0, 0.1) is 6.92 Å². The van der Waals surface area contributed by atoms with Gasteiger partial charge in [-0.1, -0.05) is 29.8 Å². The van der Waals surface area contributed by atoms with Crippen LogP contribution >= 0.6 is 0 Å². The molecule has 0 aromatic heterocycles. The van der Waals surface area contributed by atoms with Crippen molar-refractivity contribution in [3.63, 3.8) is 0 Å². The lowest BCUT2D eigenvalue weighted by Crippen LogP contribution is -2.46. The average Bonchev–Trinajstić information content (AvgIpc) is 2.50. The number of anilines is 2. The predicted octanol–water partition coefficient (Wildman–Crippen LogP) is 2.62. The Morgan fingerprint density at radius 1 is 1.05 bits per heavy atom. The minimum atomic E-state index is -0.146. The second-order valence-electron chi connectivity index (χ2n) is 5.20. The van der Waals surface area contributed by atoms with Crippen molar-refractivity contribution in [1.29, 1.82) is 0 Å². The SMILES string of the molecule is Cc1cccc(C(=O)N2CC(=O)N(C)c3ccccc32)c1. The highest BCUT2D eigenvalue weighted by Gasteiger charge is 2.30. The zero-order chi connectivity index (χ0) is 15.0. The van der Waals surface area contributed by atoms with E-state index in [0.29, 0.717) is 5.56 Å². The van der Waals surface area contributed by atoms with Gasteiger partial charge in [-0.25, -0.2) is 0 Å².